The molecule has 1 aromatic heterocycles. The lowest BCUT2D eigenvalue weighted by molar-refractivity contribution is -0.137. The molecule has 1 aromatic carbocycles. The second-order valence-electron chi connectivity index (χ2n) is 6.79. The van der Waals surface area contributed by atoms with E-state index in [1.807, 2.05) is 21.6 Å². The van der Waals surface area contributed by atoms with Gasteiger partial charge in [0.15, 0.2) is 11.5 Å². The maximum absolute atomic E-state index is 12.8. The van der Waals surface area contributed by atoms with Crippen LogP contribution in [0.5, 0.6) is 11.5 Å². The minimum atomic E-state index is 0.156. The first-order valence-electron chi connectivity index (χ1n) is 8.69. The first-order valence-corrected chi connectivity index (χ1v) is 8.69. The zero-order chi connectivity index (χ0) is 16.7. The quantitative estimate of drug-likeness (QED) is 0.850. The highest BCUT2D eigenvalue weighted by Crippen LogP contribution is 2.34. The summed E-state index contributed by atoms with van der Waals surface area (Å²) < 4.78 is 13.2. The molecule has 6 nitrogen and oxygen atoms in total. The van der Waals surface area contributed by atoms with Gasteiger partial charge in [0.1, 0.15) is 19.8 Å². The number of fused-ring (bicyclic) bond motifs is 2. The highest BCUT2D eigenvalue weighted by molar-refractivity contribution is 5.83. The van der Waals surface area contributed by atoms with Gasteiger partial charge in [0.05, 0.1) is 17.4 Å². The molecule has 0 aliphatic carbocycles. The molecule has 4 rings (SSSR count). The van der Waals surface area contributed by atoms with Crippen molar-refractivity contribution in [3.8, 4) is 11.5 Å². The van der Waals surface area contributed by atoms with Crippen molar-refractivity contribution in [3.63, 3.8) is 0 Å². The van der Waals surface area contributed by atoms with Crippen molar-refractivity contribution in [2.45, 2.75) is 51.7 Å². The van der Waals surface area contributed by atoms with Crippen molar-refractivity contribution in [2.75, 3.05) is 13.2 Å². The Labute approximate surface area is 141 Å². The lowest BCUT2D eigenvalue weighted by Gasteiger charge is -2.39. The summed E-state index contributed by atoms with van der Waals surface area (Å²) in [5.74, 6) is 1.61. The highest BCUT2D eigenvalue weighted by Gasteiger charge is 2.29. The molecule has 0 saturated carbocycles. The molecule has 2 aliphatic rings. The van der Waals surface area contributed by atoms with E-state index in [-0.39, 0.29) is 5.91 Å². The zero-order valence-corrected chi connectivity index (χ0v) is 14.2. The average Bonchev–Trinajstić information content (AvgIpc) is 2.94. The lowest BCUT2D eigenvalue weighted by Crippen LogP contribution is -2.48. The molecule has 1 saturated heterocycles. The predicted octanol–water partition coefficient (Wildman–Crippen LogP) is 2.60. The number of benzene rings is 1. The van der Waals surface area contributed by atoms with Crippen LogP contribution in [0.3, 0.4) is 0 Å². The molecule has 1 amide bonds. The van der Waals surface area contributed by atoms with E-state index in [0.717, 1.165) is 35.4 Å². The van der Waals surface area contributed by atoms with E-state index in [9.17, 15) is 4.79 Å². The van der Waals surface area contributed by atoms with E-state index < -0.39 is 0 Å². The number of imidazole rings is 1. The average molecular weight is 329 g/mol. The van der Waals surface area contributed by atoms with Crippen LogP contribution in [0.2, 0.25) is 0 Å². The van der Waals surface area contributed by atoms with Crippen molar-refractivity contribution < 1.29 is 14.3 Å². The largest absolute Gasteiger partial charge is 0.486 e. The van der Waals surface area contributed by atoms with E-state index in [2.05, 4.69) is 18.8 Å². The monoisotopic (exact) mass is 329 g/mol. The van der Waals surface area contributed by atoms with Crippen LogP contribution in [0.4, 0.5) is 0 Å². The number of hydrogen-bond donors (Lipinski definition) is 0. The molecule has 0 bridgehead atoms. The number of likely N-dealkylation sites (tertiary alicyclic amines) is 1. The topological polar surface area (TPSA) is 56.6 Å². The normalized spacial score (nSPS) is 23.5. The Morgan fingerprint density at radius 1 is 1.17 bits per heavy atom. The van der Waals surface area contributed by atoms with E-state index >= 15 is 0 Å². The van der Waals surface area contributed by atoms with Crippen LogP contribution < -0.4 is 9.47 Å². The summed E-state index contributed by atoms with van der Waals surface area (Å²) in [5, 5.41) is 0. The van der Waals surface area contributed by atoms with Crippen LogP contribution in [0.25, 0.3) is 11.0 Å². The molecule has 0 spiro atoms. The number of hydrogen-bond acceptors (Lipinski definition) is 4. The van der Waals surface area contributed by atoms with Gasteiger partial charge in [0.2, 0.25) is 5.91 Å². The fourth-order valence-corrected chi connectivity index (χ4v) is 3.86. The van der Waals surface area contributed by atoms with Crippen LogP contribution in [0, 0.1) is 0 Å². The fourth-order valence-electron chi connectivity index (χ4n) is 3.86. The molecule has 6 heteroatoms. The van der Waals surface area contributed by atoms with Crippen LogP contribution in [-0.2, 0) is 11.3 Å². The zero-order valence-electron chi connectivity index (χ0n) is 14.2. The third-order valence-corrected chi connectivity index (χ3v) is 5.07. The number of amides is 1. The Morgan fingerprint density at radius 2 is 1.83 bits per heavy atom. The van der Waals surface area contributed by atoms with Gasteiger partial charge in [-0.1, -0.05) is 0 Å². The summed E-state index contributed by atoms with van der Waals surface area (Å²) >= 11 is 0. The summed E-state index contributed by atoms with van der Waals surface area (Å²) in [5.41, 5.74) is 1.73. The van der Waals surface area contributed by atoms with E-state index in [1.165, 1.54) is 6.42 Å². The van der Waals surface area contributed by atoms with Gasteiger partial charge in [0, 0.05) is 24.2 Å². The minimum absolute atomic E-state index is 0.156. The Morgan fingerprint density at radius 3 is 2.54 bits per heavy atom. The Balaban J connectivity index is 1.61. The number of piperidine rings is 1. The van der Waals surface area contributed by atoms with Gasteiger partial charge >= 0.3 is 0 Å². The van der Waals surface area contributed by atoms with Gasteiger partial charge in [-0.05, 0) is 33.1 Å². The van der Waals surface area contributed by atoms with E-state index in [1.54, 1.807) is 6.33 Å². The van der Waals surface area contributed by atoms with Gasteiger partial charge in [-0.15, -0.1) is 0 Å². The second kappa shape index (κ2) is 6.00. The fraction of sp³-hybridized carbons (Fsp3) is 0.556. The SMILES string of the molecule is CC1CCCC(C)N1C(=O)Cn1cnc2cc3c(cc21)OCCO3. The van der Waals surface area contributed by atoms with E-state index in [4.69, 9.17) is 9.47 Å². The van der Waals surface area contributed by atoms with Crippen molar-refractivity contribution in [3.05, 3.63) is 18.5 Å². The third-order valence-electron chi connectivity index (χ3n) is 5.07. The molecule has 2 atom stereocenters. The van der Waals surface area contributed by atoms with Gasteiger partial charge in [-0.2, -0.15) is 0 Å². The minimum Gasteiger partial charge on any atom is -0.486 e. The lowest BCUT2D eigenvalue weighted by atomic mass is 9.97. The molecule has 2 aliphatic heterocycles. The highest BCUT2D eigenvalue weighted by atomic mass is 16.6. The van der Waals surface area contributed by atoms with Gasteiger partial charge in [-0.3, -0.25) is 4.79 Å². The molecule has 1 fully saturated rings. The maximum atomic E-state index is 12.8. The summed E-state index contributed by atoms with van der Waals surface area (Å²) in [6.45, 7) is 5.70. The number of carbonyl (C=O) groups is 1. The standard InChI is InChI=1S/C18H23N3O3/c1-12-4-3-5-13(2)21(12)18(22)10-20-11-19-14-8-16-17(9-15(14)20)24-7-6-23-16/h8-9,11-13H,3-7,10H2,1-2H3. The number of ether oxygens (including phenoxy) is 2. The third kappa shape index (κ3) is 2.60. The van der Waals surface area contributed by atoms with Crippen LogP contribution in [0.15, 0.2) is 18.5 Å². The Kier molecular flexibility index (Phi) is 3.82. The van der Waals surface area contributed by atoms with E-state index in [0.29, 0.717) is 31.8 Å². The summed E-state index contributed by atoms with van der Waals surface area (Å²) in [7, 11) is 0. The number of aromatic nitrogens is 2. The van der Waals surface area contributed by atoms with Crippen LogP contribution in [-0.4, -0.2) is 45.7 Å². The molecule has 0 radical (unpaired) electrons. The number of rotatable bonds is 2. The number of carbonyl (C=O) groups excluding carboxylic acids is 1. The molecule has 128 valence electrons. The summed E-state index contributed by atoms with van der Waals surface area (Å²) in [6, 6.07) is 4.42. The molecule has 3 heterocycles. The van der Waals surface area contributed by atoms with Gasteiger partial charge in [-0.25, -0.2) is 4.98 Å². The predicted molar refractivity (Wildman–Crippen MR) is 90.3 cm³/mol. The molecular weight excluding hydrogens is 306 g/mol. The van der Waals surface area contributed by atoms with Crippen molar-refractivity contribution in [2.24, 2.45) is 0 Å². The first-order chi connectivity index (χ1) is 11.6. The van der Waals surface area contributed by atoms with Crippen LogP contribution in [0.1, 0.15) is 33.1 Å². The Hall–Kier alpha value is -2.24. The summed E-state index contributed by atoms with van der Waals surface area (Å²) in [4.78, 5) is 19.3. The van der Waals surface area contributed by atoms with Gasteiger partial charge in [0.25, 0.3) is 0 Å². The van der Waals surface area contributed by atoms with Gasteiger partial charge < -0.3 is 18.9 Å². The molecule has 0 N–H and O–H groups in total. The van der Waals surface area contributed by atoms with Crippen LogP contribution >= 0.6 is 0 Å². The van der Waals surface area contributed by atoms with Crippen molar-refractivity contribution in [1.29, 1.82) is 0 Å². The Bertz CT molecular complexity index is 760. The smallest absolute Gasteiger partial charge is 0.243 e. The second-order valence-corrected chi connectivity index (χ2v) is 6.79. The first kappa shape index (κ1) is 15.3. The molecular formula is C18H23N3O3. The maximum Gasteiger partial charge on any atom is 0.243 e. The van der Waals surface area contributed by atoms with Crippen molar-refractivity contribution >= 4 is 16.9 Å². The summed E-state index contributed by atoms with van der Waals surface area (Å²) in [6.07, 6.45) is 5.09. The molecule has 2 aromatic rings. The molecule has 2 unspecified atom stereocenters. The number of nitrogens with zero attached hydrogens (tertiary/aromatic N) is 3. The molecule has 24 heavy (non-hydrogen) atoms. The van der Waals surface area contributed by atoms with Crippen molar-refractivity contribution in [1.82, 2.24) is 14.5 Å².